The SMILES string of the molecule is C[Si](C)(C)CCOCn1cc(Cl)c(=O)n(Cc2nc(C[C@H](O)c3ccc(Cl)cc3)no2)c1=O. The number of ether oxygens (including phenoxy) is 1. The van der Waals surface area contributed by atoms with Gasteiger partial charge in [0, 0.05) is 32.3 Å². The van der Waals surface area contributed by atoms with Crippen molar-refractivity contribution in [2.24, 2.45) is 0 Å². The molecule has 0 saturated carbocycles. The Labute approximate surface area is 201 Å². The van der Waals surface area contributed by atoms with E-state index in [1.165, 1.54) is 10.8 Å². The van der Waals surface area contributed by atoms with Crippen LogP contribution in [0.2, 0.25) is 35.7 Å². The smallest absolute Gasteiger partial charge is 0.333 e. The van der Waals surface area contributed by atoms with Crippen LogP contribution in [-0.2, 0) is 24.4 Å². The van der Waals surface area contributed by atoms with Gasteiger partial charge in [0.15, 0.2) is 5.82 Å². The lowest BCUT2D eigenvalue weighted by atomic mass is 10.1. The minimum atomic E-state index is -1.27. The summed E-state index contributed by atoms with van der Waals surface area (Å²) in [5, 5.41) is 14.6. The summed E-state index contributed by atoms with van der Waals surface area (Å²) in [5.74, 6) is 0.276. The lowest BCUT2D eigenvalue weighted by Gasteiger charge is -2.16. The Bertz CT molecular complexity index is 1200. The van der Waals surface area contributed by atoms with E-state index >= 15 is 0 Å². The van der Waals surface area contributed by atoms with Crippen LogP contribution in [-0.4, -0.2) is 39.1 Å². The molecular weight excluding hydrogens is 487 g/mol. The minimum Gasteiger partial charge on any atom is -0.388 e. The van der Waals surface area contributed by atoms with Crippen LogP contribution in [0.5, 0.6) is 0 Å². The molecule has 0 aliphatic rings. The van der Waals surface area contributed by atoms with E-state index in [1.54, 1.807) is 24.3 Å². The van der Waals surface area contributed by atoms with Crippen molar-refractivity contribution in [1.82, 2.24) is 19.3 Å². The van der Waals surface area contributed by atoms with Crippen molar-refractivity contribution in [1.29, 1.82) is 0 Å². The monoisotopic (exact) mass is 512 g/mol. The third-order valence-corrected chi connectivity index (χ3v) is 7.07. The second-order valence-electron chi connectivity index (χ2n) is 8.84. The number of hydrogen-bond acceptors (Lipinski definition) is 7. The number of aromatic nitrogens is 4. The van der Waals surface area contributed by atoms with E-state index in [0.29, 0.717) is 17.2 Å². The summed E-state index contributed by atoms with van der Waals surface area (Å²) in [6.45, 7) is 6.93. The van der Waals surface area contributed by atoms with Crippen molar-refractivity contribution >= 4 is 31.3 Å². The maximum atomic E-state index is 12.8. The highest BCUT2D eigenvalue weighted by Crippen LogP contribution is 2.19. The number of nitrogens with zero attached hydrogens (tertiary/aromatic N) is 4. The molecule has 12 heteroatoms. The van der Waals surface area contributed by atoms with Crippen LogP contribution in [0.15, 0.2) is 44.6 Å². The molecule has 3 aromatic rings. The Morgan fingerprint density at radius 1 is 1.18 bits per heavy atom. The van der Waals surface area contributed by atoms with Gasteiger partial charge in [-0.2, -0.15) is 4.98 Å². The van der Waals surface area contributed by atoms with Crippen LogP contribution in [0.3, 0.4) is 0 Å². The molecule has 0 unspecified atom stereocenters. The molecule has 2 heterocycles. The zero-order valence-corrected chi connectivity index (χ0v) is 21.1. The average molecular weight is 513 g/mol. The fraction of sp³-hybridized carbons (Fsp3) is 0.429. The molecule has 0 bridgehead atoms. The van der Waals surface area contributed by atoms with E-state index in [0.717, 1.165) is 10.6 Å². The normalized spacial score (nSPS) is 12.8. The molecule has 0 amide bonds. The standard InChI is InChI=1S/C21H26Cl2N4O5Si/c1-33(2,3)9-8-31-13-26-11-16(23)20(29)27(21(26)30)12-19-24-18(25-32-19)10-17(28)14-4-6-15(22)7-5-14/h4-7,11,17,28H,8-10,12-13H2,1-3H3/t17-/m0/s1. The number of hydrogen-bond donors (Lipinski definition) is 1. The predicted molar refractivity (Wildman–Crippen MR) is 128 cm³/mol. The van der Waals surface area contributed by atoms with Crippen LogP contribution in [0, 0.1) is 0 Å². The predicted octanol–water partition coefficient (Wildman–Crippen LogP) is 3.34. The lowest BCUT2D eigenvalue weighted by molar-refractivity contribution is 0.0825. The highest BCUT2D eigenvalue weighted by molar-refractivity contribution is 6.76. The summed E-state index contributed by atoms with van der Waals surface area (Å²) in [5.41, 5.74) is -0.617. The third kappa shape index (κ3) is 7.12. The van der Waals surface area contributed by atoms with Gasteiger partial charge in [-0.1, -0.05) is 60.1 Å². The van der Waals surface area contributed by atoms with Gasteiger partial charge < -0.3 is 14.4 Å². The topological polar surface area (TPSA) is 112 Å². The maximum Gasteiger partial charge on any atom is 0.333 e. The summed E-state index contributed by atoms with van der Waals surface area (Å²) in [7, 11) is -1.27. The van der Waals surface area contributed by atoms with Gasteiger partial charge >= 0.3 is 5.69 Å². The molecule has 1 atom stereocenters. The maximum absolute atomic E-state index is 12.8. The van der Waals surface area contributed by atoms with Gasteiger partial charge in [0.05, 0.1) is 6.10 Å². The molecular formula is C21H26Cl2N4O5Si. The van der Waals surface area contributed by atoms with Gasteiger partial charge in [-0.25, -0.2) is 9.36 Å². The molecule has 33 heavy (non-hydrogen) atoms. The Morgan fingerprint density at radius 2 is 1.88 bits per heavy atom. The van der Waals surface area contributed by atoms with Gasteiger partial charge in [-0.3, -0.25) is 9.36 Å². The van der Waals surface area contributed by atoms with Gasteiger partial charge in [0.2, 0.25) is 5.89 Å². The first kappa shape index (κ1) is 25.4. The second-order valence-corrected chi connectivity index (χ2v) is 15.3. The van der Waals surface area contributed by atoms with E-state index in [4.69, 9.17) is 32.5 Å². The number of aliphatic hydroxyl groups excluding tert-OH is 1. The molecule has 0 aliphatic heterocycles. The molecule has 0 fully saturated rings. The Kier molecular flexibility index (Phi) is 8.30. The van der Waals surface area contributed by atoms with Crippen molar-refractivity contribution in [2.75, 3.05) is 6.61 Å². The molecule has 0 aliphatic carbocycles. The molecule has 0 saturated heterocycles. The summed E-state index contributed by atoms with van der Waals surface area (Å²) in [6, 6.07) is 7.70. The summed E-state index contributed by atoms with van der Waals surface area (Å²) in [6.07, 6.45) is 0.483. The zero-order chi connectivity index (χ0) is 24.2. The summed E-state index contributed by atoms with van der Waals surface area (Å²) in [4.78, 5) is 29.4. The van der Waals surface area contributed by atoms with Crippen molar-refractivity contribution in [2.45, 2.75) is 51.5 Å². The van der Waals surface area contributed by atoms with Crippen molar-refractivity contribution in [3.05, 3.63) is 78.6 Å². The van der Waals surface area contributed by atoms with Crippen molar-refractivity contribution < 1.29 is 14.4 Å². The van der Waals surface area contributed by atoms with Crippen molar-refractivity contribution in [3.63, 3.8) is 0 Å². The van der Waals surface area contributed by atoms with E-state index in [1.807, 2.05) is 0 Å². The average Bonchev–Trinajstić information content (AvgIpc) is 3.18. The molecule has 0 spiro atoms. The van der Waals surface area contributed by atoms with Crippen LogP contribution < -0.4 is 11.2 Å². The van der Waals surface area contributed by atoms with Gasteiger partial charge in [-0.15, -0.1) is 0 Å². The van der Waals surface area contributed by atoms with Crippen molar-refractivity contribution in [3.8, 4) is 0 Å². The van der Waals surface area contributed by atoms with E-state index in [2.05, 4.69) is 29.8 Å². The molecule has 178 valence electrons. The van der Waals surface area contributed by atoms with E-state index in [-0.39, 0.29) is 36.4 Å². The lowest BCUT2D eigenvalue weighted by Crippen LogP contribution is -2.40. The second kappa shape index (κ2) is 10.8. The van der Waals surface area contributed by atoms with Crippen LogP contribution in [0.4, 0.5) is 0 Å². The number of halogens is 2. The fourth-order valence-corrected chi connectivity index (χ4v) is 4.04. The quantitative estimate of drug-likeness (QED) is 0.327. The number of rotatable bonds is 10. The molecule has 3 rings (SSSR count). The Balaban J connectivity index is 1.71. The largest absolute Gasteiger partial charge is 0.388 e. The number of aliphatic hydroxyl groups is 1. The van der Waals surface area contributed by atoms with Crippen LogP contribution in [0.1, 0.15) is 23.4 Å². The summed E-state index contributed by atoms with van der Waals surface area (Å²) < 4.78 is 12.9. The zero-order valence-electron chi connectivity index (χ0n) is 18.6. The first-order chi connectivity index (χ1) is 15.5. The highest BCUT2D eigenvalue weighted by Gasteiger charge is 2.17. The van der Waals surface area contributed by atoms with Gasteiger partial charge in [0.25, 0.3) is 5.56 Å². The Morgan fingerprint density at radius 3 is 2.55 bits per heavy atom. The third-order valence-electron chi connectivity index (χ3n) is 4.86. The minimum absolute atomic E-state index is 0.0221. The first-order valence-electron chi connectivity index (χ1n) is 10.4. The highest BCUT2D eigenvalue weighted by atomic mass is 35.5. The van der Waals surface area contributed by atoms with E-state index in [9.17, 15) is 14.7 Å². The molecule has 9 nitrogen and oxygen atoms in total. The molecule has 1 N–H and O–H groups in total. The van der Waals surface area contributed by atoms with E-state index < -0.39 is 25.4 Å². The Hall–Kier alpha value is -2.24. The molecule has 1 aromatic carbocycles. The molecule has 2 aromatic heterocycles. The van der Waals surface area contributed by atoms with Crippen LogP contribution >= 0.6 is 23.2 Å². The number of benzene rings is 1. The van der Waals surface area contributed by atoms with Gasteiger partial charge in [-0.05, 0) is 23.7 Å². The summed E-state index contributed by atoms with van der Waals surface area (Å²) >= 11 is 11.9. The van der Waals surface area contributed by atoms with Crippen LogP contribution in [0.25, 0.3) is 0 Å². The fourth-order valence-electron chi connectivity index (χ4n) is 2.94. The van der Waals surface area contributed by atoms with Gasteiger partial charge in [0.1, 0.15) is 18.3 Å². The molecule has 0 radical (unpaired) electrons. The first-order valence-corrected chi connectivity index (χ1v) is 14.8.